The third-order valence-corrected chi connectivity index (χ3v) is 6.78. The van der Waals surface area contributed by atoms with Gasteiger partial charge in [0.15, 0.2) is 5.13 Å². The second kappa shape index (κ2) is 9.17. The molecular formula is C22H18Cl3N3O2S. The maximum atomic E-state index is 13.5. The van der Waals surface area contributed by atoms with Crippen LogP contribution < -0.4 is 4.90 Å². The average molecular weight is 495 g/mol. The summed E-state index contributed by atoms with van der Waals surface area (Å²) in [5, 5.41) is 1.60. The summed E-state index contributed by atoms with van der Waals surface area (Å²) in [6.45, 7) is 3.29. The molecule has 4 rings (SSSR count). The number of rotatable bonds is 4. The van der Waals surface area contributed by atoms with Crippen LogP contribution in [0.2, 0.25) is 15.1 Å². The Labute approximate surface area is 199 Å². The van der Waals surface area contributed by atoms with Crippen molar-refractivity contribution < 1.29 is 9.59 Å². The van der Waals surface area contributed by atoms with Crippen LogP contribution in [0, 0.1) is 6.92 Å². The molecule has 2 heterocycles. The fraction of sp³-hybridized carbons (Fsp3) is 0.227. The molecule has 1 fully saturated rings. The summed E-state index contributed by atoms with van der Waals surface area (Å²) in [6.07, 6.45) is 1.98. The van der Waals surface area contributed by atoms with Gasteiger partial charge >= 0.3 is 0 Å². The van der Waals surface area contributed by atoms with E-state index in [1.54, 1.807) is 41.3 Å². The third kappa shape index (κ3) is 4.58. The topological polar surface area (TPSA) is 53.5 Å². The minimum atomic E-state index is -0.377. The Morgan fingerprint density at radius 2 is 1.65 bits per heavy atom. The van der Waals surface area contributed by atoms with E-state index >= 15 is 0 Å². The molecule has 0 saturated carbocycles. The van der Waals surface area contributed by atoms with E-state index in [1.807, 2.05) is 6.92 Å². The Bertz CT molecular complexity index is 1140. The van der Waals surface area contributed by atoms with Crippen LogP contribution in [0.4, 0.5) is 10.8 Å². The highest BCUT2D eigenvalue weighted by Crippen LogP contribution is 2.35. The predicted octanol–water partition coefficient (Wildman–Crippen LogP) is 6.63. The number of likely N-dealkylation sites (tertiary alicyclic amines) is 1. The minimum Gasteiger partial charge on any atom is -0.337 e. The van der Waals surface area contributed by atoms with Crippen LogP contribution in [-0.2, 0) is 0 Å². The number of thiazole rings is 1. The number of hydrogen-bond donors (Lipinski definition) is 0. The highest BCUT2D eigenvalue weighted by molar-refractivity contribution is 7.16. The van der Waals surface area contributed by atoms with Gasteiger partial charge < -0.3 is 4.90 Å². The molecule has 0 radical (unpaired) electrons. The van der Waals surface area contributed by atoms with Crippen molar-refractivity contribution in [3.63, 3.8) is 0 Å². The van der Waals surface area contributed by atoms with E-state index in [9.17, 15) is 9.59 Å². The van der Waals surface area contributed by atoms with Crippen LogP contribution in [-0.4, -0.2) is 34.8 Å². The molecule has 0 bridgehead atoms. The molecule has 0 aliphatic carbocycles. The number of nitrogens with zero attached hydrogens (tertiary/aromatic N) is 3. The summed E-state index contributed by atoms with van der Waals surface area (Å²) in [6, 6.07) is 11.5. The molecule has 1 aromatic heterocycles. The second-order valence-electron chi connectivity index (χ2n) is 7.14. The Hall–Kier alpha value is -2.12. The van der Waals surface area contributed by atoms with Crippen molar-refractivity contribution in [3.8, 4) is 0 Å². The van der Waals surface area contributed by atoms with E-state index in [0.717, 1.165) is 30.8 Å². The van der Waals surface area contributed by atoms with E-state index < -0.39 is 0 Å². The van der Waals surface area contributed by atoms with Crippen molar-refractivity contribution in [1.29, 1.82) is 0 Å². The van der Waals surface area contributed by atoms with Crippen LogP contribution in [0.25, 0.3) is 0 Å². The zero-order valence-corrected chi connectivity index (χ0v) is 19.7. The molecule has 2 amide bonds. The normalized spacial score (nSPS) is 13.5. The monoisotopic (exact) mass is 493 g/mol. The molecule has 1 aliphatic rings. The highest BCUT2D eigenvalue weighted by Gasteiger charge is 2.29. The van der Waals surface area contributed by atoms with Crippen molar-refractivity contribution in [2.24, 2.45) is 0 Å². The van der Waals surface area contributed by atoms with Crippen LogP contribution in [0.15, 0.2) is 42.5 Å². The van der Waals surface area contributed by atoms with Crippen molar-refractivity contribution in [2.45, 2.75) is 19.8 Å². The van der Waals surface area contributed by atoms with Crippen molar-refractivity contribution in [2.75, 3.05) is 18.0 Å². The molecule has 1 aliphatic heterocycles. The lowest BCUT2D eigenvalue weighted by molar-refractivity contribution is 0.0786. The fourth-order valence-corrected chi connectivity index (χ4v) is 4.97. The van der Waals surface area contributed by atoms with Gasteiger partial charge in [0.25, 0.3) is 11.8 Å². The quantitative estimate of drug-likeness (QED) is 0.409. The van der Waals surface area contributed by atoms with Crippen molar-refractivity contribution in [1.82, 2.24) is 9.88 Å². The van der Waals surface area contributed by atoms with E-state index in [-0.39, 0.29) is 22.4 Å². The number of anilines is 2. The van der Waals surface area contributed by atoms with Gasteiger partial charge in [-0.1, -0.05) is 34.8 Å². The summed E-state index contributed by atoms with van der Waals surface area (Å²) in [7, 11) is 0. The predicted molar refractivity (Wildman–Crippen MR) is 126 cm³/mol. The van der Waals surface area contributed by atoms with Gasteiger partial charge in [-0.2, -0.15) is 0 Å². The van der Waals surface area contributed by atoms with E-state index in [1.165, 1.54) is 22.3 Å². The molecule has 0 unspecified atom stereocenters. The first kappa shape index (κ1) is 22.1. The number of aryl methyl sites for hydroxylation is 1. The lowest BCUT2D eigenvalue weighted by atomic mass is 10.2. The number of carbonyl (C=O) groups is 2. The Balaban J connectivity index is 1.78. The molecule has 0 N–H and O–H groups in total. The molecule has 31 heavy (non-hydrogen) atoms. The van der Waals surface area contributed by atoms with Gasteiger partial charge in [0.1, 0.15) is 5.69 Å². The first-order valence-corrected chi connectivity index (χ1v) is 11.6. The van der Waals surface area contributed by atoms with E-state index in [0.29, 0.717) is 26.6 Å². The van der Waals surface area contributed by atoms with Gasteiger partial charge in [-0.05, 0) is 62.2 Å². The molecule has 9 heteroatoms. The van der Waals surface area contributed by atoms with Gasteiger partial charge in [-0.3, -0.25) is 14.5 Å². The van der Waals surface area contributed by atoms with Crippen LogP contribution in [0.3, 0.4) is 0 Å². The lowest BCUT2D eigenvalue weighted by Gasteiger charge is -2.21. The fourth-order valence-electron chi connectivity index (χ4n) is 3.43. The zero-order valence-electron chi connectivity index (χ0n) is 16.6. The first-order chi connectivity index (χ1) is 14.8. The Morgan fingerprint density at radius 3 is 2.29 bits per heavy atom. The summed E-state index contributed by atoms with van der Waals surface area (Å²) in [5.74, 6) is -0.483. The molecule has 2 aromatic carbocycles. The zero-order chi connectivity index (χ0) is 22.1. The Morgan fingerprint density at radius 1 is 1.00 bits per heavy atom. The van der Waals surface area contributed by atoms with Gasteiger partial charge in [-0.15, -0.1) is 11.3 Å². The second-order valence-corrected chi connectivity index (χ2v) is 9.60. The number of benzene rings is 2. The van der Waals surface area contributed by atoms with Crippen LogP contribution >= 0.6 is 46.1 Å². The Kier molecular flexibility index (Phi) is 6.53. The number of amides is 2. The SMILES string of the molecule is Cc1sc(N(C(=O)c2ccc(Cl)cc2Cl)c2ccc(Cl)cc2)nc1C(=O)N1CCCC1. The summed E-state index contributed by atoms with van der Waals surface area (Å²) in [5.41, 5.74) is 1.21. The van der Waals surface area contributed by atoms with Crippen molar-refractivity contribution in [3.05, 3.63) is 73.7 Å². The lowest BCUT2D eigenvalue weighted by Crippen LogP contribution is -2.29. The van der Waals surface area contributed by atoms with Gasteiger partial charge in [0.2, 0.25) is 0 Å². The standard InChI is InChI=1S/C22H18Cl3N3O2S/c1-13-19(21(30)27-10-2-3-11-27)26-22(31-13)28(16-7-4-14(23)5-8-16)20(29)17-9-6-15(24)12-18(17)25/h4-9,12H,2-3,10-11H2,1H3. The molecule has 0 atom stereocenters. The van der Waals surface area contributed by atoms with Gasteiger partial charge in [0, 0.05) is 28.0 Å². The van der Waals surface area contributed by atoms with Crippen LogP contribution in [0.5, 0.6) is 0 Å². The number of aromatic nitrogens is 1. The van der Waals surface area contributed by atoms with E-state index in [2.05, 4.69) is 4.98 Å². The summed E-state index contributed by atoms with van der Waals surface area (Å²) < 4.78 is 0. The molecule has 160 valence electrons. The number of halogens is 3. The van der Waals surface area contributed by atoms with Crippen LogP contribution in [0.1, 0.15) is 38.6 Å². The molecule has 3 aromatic rings. The number of carbonyl (C=O) groups excluding carboxylic acids is 2. The van der Waals surface area contributed by atoms with E-state index in [4.69, 9.17) is 34.8 Å². The van der Waals surface area contributed by atoms with Gasteiger partial charge in [0.05, 0.1) is 16.3 Å². The largest absolute Gasteiger partial charge is 0.337 e. The average Bonchev–Trinajstić information content (AvgIpc) is 3.39. The maximum Gasteiger partial charge on any atom is 0.273 e. The molecule has 1 saturated heterocycles. The third-order valence-electron chi connectivity index (χ3n) is 5.02. The summed E-state index contributed by atoms with van der Waals surface area (Å²) in [4.78, 5) is 35.1. The smallest absolute Gasteiger partial charge is 0.273 e. The number of hydrogen-bond acceptors (Lipinski definition) is 4. The van der Waals surface area contributed by atoms with Gasteiger partial charge in [-0.25, -0.2) is 4.98 Å². The first-order valence-electron chi connectivity index (χ1n) is 9.67. The highest BCUT2D eigenvalue weighted by atomic mass is 35.5. The molecule has 0 spiro atoms. The molecular weight excluding hydrogens is 477 g/mol. The maximum absolute atomic E-state index is 13.5. The summed E-state index contributed by atoms with van der Waals surface area (Å²) >= 11 is 19.6. The van der Waals surface area contributed by atoms with Crippen molar-refractivity contribution >= 4 is 68.8 Å². The molecule has 5 nitrogen and oxygen atoms in total. The minimum absolute atomic E-state index is 0.106.